The highest BCUT2D eigenvalue weighted by Gasteiger charge is 2.75. The topological polar surface area (TPSA) is 87.2 Å². The van der Waals surface area contributed by atoms with Crippen LogP contribution < -0.4 is 0 Å². The molecule has 1 N–H and O–H groups in total. The predicted molar refractivity (Wildman–Crippen MR) is 148 cm³/mol. The number of rotatable bonds is 11. The molecule has 7 nitrogen and oxygen atoms in total. The zero-order chi connectivity index (χ0) is 27.9. The second kappa shape index (κ2) is 10.9. The van der Waals surface area contributed by atoms with Crippen LogP contribution in [0.15, 0.2) is 12.7 Å². The third kappa shape index (κ3) is 5.21. The molecule has 1 spiro atoms. The summed E-state index contributed by atoms with van der Waals surface area (Å²) in [5, 5.41) is 10.5. The highest BCUT2D eigenvalue weighted by atomic mass is 32.2. The average Bonchev–Trinajstić information content (AvgIpc) is 3.43. The maximum Gasteiger partial charge on any atom is 0.310 e. The molecule has 3 aliphatic rings. The van der Waals surface area contributed by atoms with Gasteiger partial charge < -0.3 is 19.6 Å². The molecule has 2 unspecified atom stereocenters. The molecule has 210 valence electrons. The fourth-order valence-corrected chi connectivity index (χ4v) is 9.54. The molecule has 3 fully saturated rings. The monoisotopic (exact) mass is 536 g/mol. The fourth-order valence-electron chi connectivity index (χ4n) is 7.35. The Morgan fingerprint density at radius 1 is 1.30 bits per heavy atom. The number of carbonyl (C=O) groups excluding carboxylic acids is 3. The van der Waals surface area contributed by atoms with Crippen LogP contribution in [0, 0.1) is 23.2 Å². The molecule has 3 saturated heterocycles. The summed E-state index contributed by atoms with van der Waals surface area (Å²) in [4.78, 5) is 45.7. The number of ether oxygens (including phenoxy) is 1. The zero-order valence-electron chi connectivity index (χ0n) is 24.1. The summed E-state index contributed by atoms with van der Waals surface area (Å²) in [6.45, 7) is 20.8. The fraction of sp³-hybridized carbons (Fsp3) is 0.828. The number of esters is 1. The van der Waals surface area contributed by atoms with Crippen molar-refractivity contribution in [2.24, 2.45) is 23.2 Å². The molecule has 2 bridgehead atoms. The summed E-state index contributed by atoms with van der Waals surface area (Å²) < 4.78 is 4.73. The van der Waals surface area contributed by atoms with Crippen molar-refractivity contribution in [3.05, 3.63) is 12.7 Å². The lowest BCUT2D eigenvalue weighted by molar-refractivity contribution is -0.154. The largest absolute Gasteiger partial charge is 0.466 e. The third-order valence-corrected chi connectivity index (χ3v) is 10.6. The van der Waals surface area contributed by atoms with Crippen molar-refractivity contribution in [2.45, 2.75) is 109 Å². The van der Waals surface area contributed by atoms with Crippen LogP contribution >= 0.6 is 11.8 Å². The van der Waals surface area contributed by atoms with Crippen LogP contribution in [0.3, 0.4) is 0 Å². The van der Waals surface area contributed by atoms with Gasteiger partial charge in [-0.15, -0.1) is 18.3 Å². The van der Waals surface area contributed by atoms with Gasteiger partial charge in [-0.3, -0.25) is 14.4 Å². The summed E-state index contributed by atoms with van der Waals surface area (Å²) in [5.74, 6) is -1.80. The number of thioether (sulfide) groups is 1. The van der Waals surface area contributed by atoms with Gasteiger partial charge in [0.2, 0.25) is 11.8 Å². The molecule has 8 heteroatoms. The number of aliphatic hydroxyl groups is 1. The molecule has 3 heterocycles. The van der Waals surface area contributed by atoms with Crippen molar-refractivity contribution >= 4 is 29.5 Å². The van der Waals surface area contributed by atoms with Crippen LogP contribution in [-0.2, 0) is 19.1 Å². The molecule has 0 aliphatic carbocycles. The van der Waals surface area contributed by atoms with Crippen molar-refractivity contribution in [2.75, 3.05) is 19.8 Å². The molecule has 3 aliphatic heterocycles. The van der Waals surface area contributed by atoms with E-state index in [9.17, 15) is 19.5 Å². The van der Waals surface area contributed by atoms with Crippen LogP contribution in [-0.4, -0.2) is 80.1 Å². The van der Waals surface area contributed by atoms with Gasteiger partial charge in [0.15, 0.2) is 0 Å². The van der Waals surface area contributed by atoms with Crippen molar-refractivity contribution in [1.82, 2.24) is 9.80 Å². The second-order valence-electron chi connectivity index (χ2n) is 13.0. The van der Waals surface area contributed by atoms with Gasteiger partial charge in [-0.2, -0.15) is 0 Å². The lowest BCUT2D eigenvalue weighted by Gasteiger charge is -2.47. The van der Waals surface area contributed by atoms with Gasteiger partial charge in [0.05, 0.1) is 35.8 Å². The van der Waals surface area contributed by atoms with E-state index in [2.05, 4.69) is 41.2 Å². The Hall–Kier alpha value is -1.54. The van der Waals surface area contributed by atoms with E-state index in [0.717, 1.165) is 19.3 Å². The summed E-state index contributed by atoms with van der Waals surface area (Å²) in [6, 6.07) is -1.24. The minimum atomic E-state index is -0.746. The van der Waals surface area contributed by atoms with Crippen LogP contribution in [0.5, 0.6) is 0 Å². The van der Waals surface area contributed by atoms with Crippen molar-refractivity contribution < 1.29 is 24.2 Å². The third-order valence-electron chi connectivity index (χ3n) is 8.65. The van der Waals surface area contributed by atoms with Gasteiger partial charge in [-0.25, -0.2) is 0 Å². The van der Waals surface area contributed by atoms with Crippen LogP contribution in [0.4, 0.5) is 0 Å². The van der Waals surface area contributed by atoms with E-state index < -0.39 is 34.2 Å². The Balaban J connectivity index is 2.15. The lowest BCUT2D eigenvalue weighted by Crippen LogP contribution is -2.62. The van der Waals surface area contributed by atoms with Crippen LogP contribution in [0.1, 0.15) is 81.1 Å². The first-order chi connectivity index (χ1) is 17.2. The number of likely N-dealkylation sites (tertiary alicyclic amines) is 1. The number of nitrogens with zero attached hydrogens (tertiary/aromatic N) is 2. The summed E-state index contributed by atoms with van der Waals surface area (Å²) in [5.41, 5.74) is -0.505. The molecule has 0 aromatic rings. The van der Waals surface area contributed by atoms with E-state index in [1.54, 1.807) is 29.7 Å². The molecule has 7 atom stereocenters. The number of carbonyl (C=O) groups is 3. The lowest BCUT2D eigenvalue weighted by atomic mass is 9.71. The van der Waals surface area contributed by atoms with Gasteiger partial charge in [-0.1, -0.05) is 47.1 Å². The molecule has 0 radical (unpaired) electrons. The minimum absolute atomic E-state index is 0.00170. The van der Waals surface area contributed by atoms with Gasteiger partial charge in [-0.05, 0) is 51.4 Å². The SMILES string of the molecule is C=CCN(C(=O)C1N([C@@H](CO)[C@@H](C)CC)C(=O)[C@@H]2[C@@H](C(=O)OCC)[C@H]3CCC12S3)C(C)(C)CC(C)(C)C. The maximum absolute atomic E-state index is 14.8. The summed E-state index contributed by atoms with van der Waals surface area (Å²) >= 11 is 1.64. The Kier molecular flexibility index (Phi) is 8.85. The number of hydrogen-bond donors (Lipinski definition) is 1. The smallest absolute Gasteiger partial charge is 0.310 e. The van der Waals surface area contributed by atoms with Crippen LogP contribution in [0.25, 0.3) is 0 Å². The number of amides is 2. The first-order valence-corrected chi connectivity index (χ1v) is 14.8. The highest BCUT2D eigenvalue weighted by Crippen LogP contribution is 2.67. The van der Waals surface area contributed by atoms with Crippen LogP contribution in [0.2, 0.25) is 0 Å². The molecular weight excluding hydrogens is 488 g/mol. The molecule has 0 aromatic heterocycles. The first-order valence-electron chi connectivity index (χ1n) is 13.9. The van der Waals surface area contributed by atoms with E-state index in [4.69, 9.17) is 4.74 Å². The van der Waals surface area contributed by atoms with E-state index in [0.29, 0.717) is 13.0 Å². The van der Waals surface area contributed by atoms with E-state index in [-0.39, 0.29) is 47.6 Å². The molecule has 3 rings (SSSR count). The summed E-state index contributed by atoms with van der Waals surface area (Å²) in [6.07, 6.45) is 4.75. The second-order valence-corrected chi connectivity index (χ2v) is 14.6. The Morgan fingerprint density at radius 2 is 1.95 bits per heavy atom. The molecule has 2 amide bonds. The highest BCUT2D eigenvalue weighted by molar-refractivity contribution is 8.02. The molecule has 0 aromatic carbocycles. The minimum Gasteiger partial charge on any atom is -0.466 e. The summed E-state index contributed by atoms with van der Waals surface area (Å²) in [7, 11) is 0. The number of aliphatic hydroxyl groups excluding tert-OH is 1. The van der Waals surface area contributed by atoms with Gasteiger partial charge >= 0.3 is 5.97 Å². The first kappa shape index (κ1) is 30.0. The standard InChI is InChI=1S/C29H48N2O5S/c1-10-15-30(28(8,9)17-27(5,6)7)25(34)23-29-14-13-20(37-29)21(26(35)36-12-3)22(29)24(33)31(23)19(16-32)18(4)11-2/h10,18-23,32H,1,11-17H2,2-9H3/t18-,19-,20+,21-,22-,23?,29?/m0/s1. The predicted octanol–water partition coefficient (Wildman–Crippen LogP) is 4.28. The number of hydrogen-bond acceptors (Lipinski definition) is 6. The van der Waals surface area contributed by atoms with Crippen molar-refractivity contribution in [3.63, 3.8) is 0 Å². The van der Waals surface area contributed by atoms with E-state index >= 15 is 0 Å². The number of fused-ring (bicyclic) bond motifs is 1. The molecule has 0 saturated carbocycles. The van der Waals surface area contributed by atoms with Crippen molar-refractivity contribution in [3.8, 4) is 0 Å². The molecule has 37 heavy (non-hydrogen) atoms. The van der Waals surface area contributed by atoms with E-state index in [1.165, 1.54) is 0 Å². The Bertz CT molecular complexity index is 899. The Labute approximate surface area is 227 Å². The Morgan fingerprint density at radius 3 is 2.46 bits per heavy atom. The normalized spacial score (nSPS) is 30.7. The quantitative estimate of drug-likeness (QED) is 0.313. The van der Waals surface area contributed by atoms with Gasteiger partial charge in [0.1, 0.15) is 6.04 Å². The van der Waals surface area contributed by atoms with E-state index in [1.807, 2.05) is 18.7 Å². The van der Waals surface area contributed by atoms with Crippen molar-refractivity contribution in [1.29, 1.82) is 0 Å². The van der Waals surface area contributed by atoms with Gasteiger partial charge in [0, 0.05) is 17.3 Å². The maximum atomic E-state index is 14.8. The van der Waals surface area contributed by atoms with Gasteiger partial charge in [0.25, 0.3) is 0 Å². The zero-order valence-corrected chi connectivity index (χ0v) is 24.9. The average molecular weight is 537 g/mol. The molecular formula is C29H48N2O5S.